The molecule has 41 heavy (non-hydrogen) atoms. The molecule has 1 heterocycles. The third-order valence-corrected chi connectivity index (χ3v) is 9.68. The van der Waals surface area contributed by atoms with Crippen LogP contribution in [0, 0.1) is 11.8 Å². The maximum Gasteiger partial charge on any atom is 0.329 e. The monoisotopic (exact) mass is 634 g/mol. The maximum atomic E-state index is 14.1. The number of imide groups is 1. The minimum atomic E-state index is -1.10. The molecule has 210 valence electrons. The SMILES string of the molecule is CCCC[C@H](C(=O)OCC(=O)Nc1ccc(Br)c(Cl)c1)N1C(=O)[C@@H]2C3c4ccccc4C(c4ccccc43)[C@@H]2C1=O. The first-order valence-corrected chi connectivity index (χ1v) is 14.9. The highest BCUT2D eigenvalue weighted by Crippen LogP contribution is 2.61. The Hall–Kier alpha value is -3.49. The average molecular weight is 636 g/mol. The van der Waals surface area contributed by atoms with Crippen molar-refractivity contribution < 1.29 is 23.9 Å². The molecule has 0 unspecified atom stereocenters. The molecule has 0 aromatic heterocycles. The van der Waals surface area contributed by atoms with Crippen molar-refractivity contribution in [1.82, 2.24) is 4.90 Å². The summed E-state index contributed by atoms with van der Waals surface area (Å²) in [6.45, 7) is 1.42. The predicted octanol–water partition coefficient (Wildman–Crippen LogP) is 6.04. The summed E-state index contributed by atoms with van der Waals surface area (Å²) >= 11 is 9.40. The number of nitrogens with zero attached hydrogens (tertiary/aromatic N) is 1. The van der Waals surface area contributed by atoms with Crippen molar-refractivity contribution >= 4 is 56.9 Å². The van der Waals surface area contributed by atoms with Gasteiger partial charge < -0.3 is 10.1 Å². The van der Waals surface area contributed by atoms with Gasteiger partial charge in [-0.3, -0.25) is 19.3 Å². The van der Waals surface area contributed by atoms with E-state index in [1.54, 1.807) is 18.2 Å². The number of esters is 1. The van der Waals surface area contributed by atoms with E-state index in [-0.39, 0.29) is 30.1 Å². The van der Waals surface area contributed by atoms with Crippen LogP contribution in [0.5, 0.6) is 0 Å². The van der Waals surface area contributed by atoms with Crippen LogP contribution in [0.1, 0.15) is 60.3 Å². The molecule has 3 aliphatic carbocycles. The largest absolute Gasteiger partial charge is 0.454 e. The lowest BCUT2D eigenvalue weighted by atomic mass is 9.55. The van der Waals surface area contributed by atoms with Crippen LogP contribution < -0.4 is 5.32 Å². The zero-order valence-corrected chi connectivity index (χ0v) is 24.7. The first-order valence-electron chi connectivity index (χ1n) is 13.8. The number of unbranched alkanes of at least 4 members (excludes halogenated alkanes) is 1. The van der Waals surface area contributed by atoms with Crippen molar-refractivity contribution in [3.05, 3.63) is 98.5 Å². The summed E-state index contributed by atoms with van der Waals surface area (Å²) in [5, 5.41) is 3.07. The van der Waals surface area contributed by atoms with Crippen molar-refractivity contribution in [3.63, 3.8) is 0 Å². The van der Waals surface area contributed by atoms with E-state index in [1.165, 1.54) is 0 Å². The lowest BCUT2D eigenvalue weighted by molar-refractivity contribution is -0.160. The van der Waals surface area contributed by atoms with Crippen LogP contribution in [0.4, 0.5) is 5.69 Å². The fraction of sp³-hybridized carbons (Fsp3) is 0.312. The number of anilines is 1. The molecule has 3 aromatic rings. The Morgan fingerprint density at radius 2 is 1.46 bits per heavy atom. The zero-order chi connectivity index (χ0) is 28.8. The molecule has 9 heteroatoms. The molecule has 0 spiro atoms. The van der Waals surface area contributed by atoms with E-state index in [2.05, 4.69) is 21.2 Å². The van der Waals surface area contributed by atoms with Crippen LogP contribution in [0.25, 0.3) is 0 Å². The number of carbonyl (C=O) groups is 4. The second-order valence-electron chi connectivity index (χ2n) is 10.8. The Bertz CT molecular complexity index is 1460. The van der Waals surface area contributed by atoms with E-state index in [4.69, 9.17) is 16.3 Å². The third-order valence-electron chi connectivity index (χ3n) is 8.45. The molecule has 0 radical (unpaired) electrons. The molecule has 4 aliphatic rings. The Morgan fingerprint density at radius 1 is 0.927 bits per heavy atom. The topological polar surface area (TPSA) is 92.8 Å². The zero-order valence-electron chi connectivity index (χ0n) is 22.3. The molecule has 0 saturated carbocycles. The number of amides is 3. The second kappa shape index (κ2) is 11.1. The summed E-state index contributed by atoms with van der Waals surface area (Å²) in [7, 11) is 0. The fourth-order valence-electron chi connectivity index (χ4n) is 6.76. The van der Waals surface area contributed by atoms with E-state index < -0.39 is 36.4 Å². The van der Waals surface area contributed by atoms with Crippen LogP contribution in [-0.2, 0) is 23.9 Å². The van der Waals surface area contributed by atoms with Gasteiger partial charge in [0.1, 0.15) is 6.04 Å². The summed E-state index contributed by atoms with van der Waals surface area (Å²) in [6.07, 6.45) is 1.65. The molecule has 3 amide bonds. The van der Waals surface area contributed by atoms with E-state index in [1.807, 2.05) is 55.5 Å². The average Bonchev–Trinajstić information content (AvgIpc) is 3.24. The van der Waals surface area contributed by atoms with Gasteiger partial charge in [0.2, 0.25) is 11.8 Å². The minimum Gasteiger partial charge on any atom is -0.454 e. The first-order chi connectivity index (χ1) is 19.8. The summed E-state index contributed by atoms with van der Waals surface area (Å²) in [4.78, 5) is 55.4. The van der Waals surface area contributed by atoms with Crippen molar-refractivity contribution in [1.29, 1.82) is 0 Å². The molecular weight excluding hydrogens is 608 g/mol. The summed E-state index contributed by atoms with van der Waals surface area (Å²) in [5.74, 6) is -3.68. The molecule has 7 rings (SSSR count). The van der Waals surface area contributed by atoms with E-state index in [0.29, 0.717) is 21.6 Å². The van der Waals surface area contributed by atoms with E-state index in [9.17, 15) is 19.2 Å². The van der Waals surface area contributed by atoms with Crippen molar-refractivity contribution in [2.45, 2.75) is 44.1 Å². The number of rotatable bonds is 8. The predicted molar refractivity (Wildman–Crippen MR) is 157 cm³/mol. The van der Waals surface area contributed by atoms with Gasteiger partial charge in [-0.2, -0.15) is 0 Å². The highest BCUT2D eigenvalue weighted by molar-refractivity contribution is 9.10. The molecule has 1 aliphatic heterocycles. The minimum absolute atomic E-state index is 0.259. The first kappa shape index (κ1) is 27.7. The van der Waals surface area contributed by atoms with Gasteiger partial charge in [-0.15, -0.1) is 0 Å². The number of nitrogens with one attached hydrogen (secondary N) is 1. The maximum absolute atomic E-state index is 14.1. The molecule has 1 N–H and O–H groups in total. The summed E-state index contributed by atoms with van der Waals surface area (Å²) < 4.78 is 6.09. The Kier molecular flexibility index (Phi) is 7.47. The van der Waals surface area contributed by atoms with E-state index in [0.717, 1.165) is 33.6 Å². The Morgan fingerprint density at radius 3 is 1.95 bits per heavy atom. The van der Waals surface area contributed by atoms with Gasteiger partial charge in [0.15, 0.2) is 6.61 Å². The highest BCUT2D eigenvalue weighted by Gasteiger charge is 2.63. The number of ether oxygens (including phenoxy) is 1. The van der Waals surface area contributed by atoms with Crippen molar-refractivity contribution in [2.75, 3.05) is 11.9 Å². The quantitative estimate of drug-likeness (QED) is 0.241. The van der Waals surface area contributed by atoms with Crippen molar-refractivity contribution in [2.24, 2.45) is 11.8 Å². The second-order valence-corrected chi connectivity index (χ2v) is 12.0. The smallest absolute Gasteiger partial charge is 0.329 e. The Balaban J connectivity index is 1.25. The van der Waals surface area contributed by atoms with Gasteiger partial charge in [-0.1, -0.05) is 79.9 Å². The van der Waals surface area contributed by atoms with Crippen LogP contribution in [0.2, 0.25) is 5.02 Å². The van der Waals surface area contributed by atoms with Crippen LogP contribution in [0.3, 0.4) is 0 Å². The molecule has 7 nitrogen and oxygen atoms in total. The highest BCUT2D eigenvalue weighted by atomic mass is 79.9. The summed E-state index contributed by atoms with van der Waals surface area (Å²) in [5.41, 5.74) is 4.72. The Labute approximate surface area is 251 Å². The number of hydrogen-bond acceptors (Lipinski definition) is 5. The molecule has 3 atom stereocenters. The van der Waals surface area contributed by atoms with Gasteiger partial charge in [0.25, 0.3) is 5.91 Å². The third kappa shape index (κ3) is 4.67. The summed E-state index contributed by atoms with van der Waals surface area (Å²) in [6, 6.07) is 19.8. The number of carbonyl (C=O) groups excluding carboxylic acids is 4. The van der Waals surface area contributed by atoms with E-state index >= 15 is 0 Å². The van der Waals surface area contributed by atoms with Gasteiger partial charge in [-0.25, -0.2) is 4.79 Å². The standard InChI is InChI=1S/C32H28BrClN2O5/c1-2-3-12-24(32(40)41-16-25(37)35-17-13-14-22(33)23(34)15-17)36-30(38)28-26-18-8-4-5-9-19(18)27(29(28)31(36)39)21-11-7-6-10-20(21)26/h4-11,13-15,24,26-29H,2-3,12,16H2,1H3,(H,35,37)/t24-,26?,27?,28-,29+/m1/s1. The number of halogens is 2. The van der Waals surface area contributed by atoms with Crippen molar-refractivity contribution in [3.8, 4) is 0 Å². The normalized spacial score (nSPS) is 22.6. The molecule has 2 bridgehead atoms. The van der Waals surface area contributed by atoms with Gasteiger partial charge >= 0.3 is 5.97 Å². The fourth-order valence-corrected chi connectivity index (χ4v) is 7.19. The number of hydrogen-bond donors (Lipinski definition) is 1. The van der Waals surface area contributed by atoms with Gasteiger partial charge in [0, 0.05) is 22.0 Å². The number of likely N-dealkylation sites (tertiary alicyclic amines) is 1. The van der Waals surface area contributed by atoms with Crippen LogP contribution in [0.15, 0.2) is 71.2 Å². The lowest BCUT2D eigenvalue weighted by Crippen LogP contribution is -2.47. The molecule has 1 saturated heterocycles. The van der Waals surface area contributed by atoms with Gasteiger partial charge in [0.05, 0.1) is 16.9 Å². The number of benzene rings is 3. The van der Waals surface area contributed by atoms with Crippen LogP contribution >= 0.6 is 27.5 Å². The molecular formula is C32H28BrClN2O5. The van der Waals surface area contributed by atoms with Gasteiger partial charge in [-0.05, 0) is 62.8 Å². The molecule has 3 aromatic carbocycles. The lowest BCUT2D eigenvalue weighted by Gasteiger charge is -2.45. The van der Waals surface area contributed by atoms with Crippen LogP contribution in [-0.4, -0.2) is 41.2 Å². The molecule has 1 fully saturated rings.